The molecule has 0 radical (unpaired) electrons. The number of hydrogen-bond donors (Lipinski definition) is 0. The molecule has 0 amide bonds. The van der Waals surface area contributed by atoms with E-state index in [2.05, 4.69) is 144 Å². The van der Waals surface area contributed by atoms with Crippen LogP contribution in [0.1, 0.15) is 25.1 Å². The molecular formula is C35H26N2. The van der Waals surface area contributed by atoms with E-state index < -0.39 is 0 Å². The molecule has 0 spiro atoms. The second-order valence-electron chi connectivity index (χ2n) is 10.6. The van der Waals surface area contributed by atoms with Gasteiger partial charge in [-0.25, -0.2) is 0 Å². The van der Waals surface area contributed by atoms with Gasteiger partial charge in [0.2, 0.25) is 0 Å². The topological polar surface area (TPSA) is 9.86 Å². The maximum Gasteiger partial charge on any atom is 0.0562 e. The molecule has 2 nitrogen and oxygen atoms in total. The van der Waals surface area contributed by atoms with E-state index in [0.29, 0.717) is 0 Å². The zero-order chi connectivity index (χ0) is 24.7. The number of benzene rings is 5. The molecule has 37 heavy (non-hydrogen) atoms. The van der Waals surface area contributed by atoms with Crippen LogP contribution in [0.15, 0.2) is 121 Å². The van der Waals surface area contributed by atoms with Gasteiger partial charge in [0.15, 0.2) is 0 Å². The third-order valence-electron chi connectivity index (χ3n) is 8.25. The molecule has 0 saturated heterocycles. The van der Waals surface area contributed by atoms with Crippen molar-refractivity contribution in [2.24, 2.45) is 0 Å². The monoisotopic (exact) mass is 474 g/mol. The molecule has 7 aromatic rings. The van der Waals surface area contributed by atoms with Crippen molar-refractivity contribution in [2.45, 2.75) is 19.3 Å². The molecule has 0 fully saturated rings. The fourth-order valence-electron chi connectivity index (χ4n) is 6.65. The highest BCUT2D eigenvalue weighted by molar-refractivity contribution is 6.11. The molecular weight excluding hydrogens is 448 g/mol. The van der Waals surface area contributed by atoms with Crippen molar-refractivity contribution in [2.75, 3.05) is 0 Å². The van der Waals surface area contributed by atoms with E-state index in [1.807, 2.05) is 0 Å². The Morgan fingerprint density at radius 3 is 1.84 bits per heavy atom. The predicted molar refractivity (Wildman–Crippen MR) is 155 cm³/mol. The lowest BCUT2D eigenvalue weighted by atomic mass is 9.79. The van der Waals surface area contributed by atoms with Gasteiger partial charge < -0.3 is 9.13 Å². The first-order chi connectivity index (χ1) is 18.1. The summed E-state index contributed by atoms with van der Waals surface area (Å²) >= 11 is 0. The van der Waals surface area contributed by atoms with Crippen molar-refractivity contribution in [1.29, 1.82) is 0 Å². The summed E-state index contributed by atoms with van der Waals surface area (Å²) in [7, 11) is 0. The van der Waals surface area contributed by atoms with Crippen LogP contribution >= 0.6 is 0 Å². The van der Waals surface area contributed by atoms with E-state index in [1.54, 1.807) is 0 Å². The van der Waals surface area contributed by atoms with Crippen molar-refractivity contribution < 1.29 is 0 Å². The van der Waals surface area contributed by atoms with Gasteiger partial charge in [-0.1, -0.05) is 98.8 Å². The summed E-state index contributed by atoms with van der Waals surface area (Å²) in [5.41, 5.74) is 11.5. The molecule has 0 bridgehead atoms. The van der Waals surface area contributed by atoms with E-state index >= 15 is 0 Å². The van der Waals surface area contributed by atoms with Gasteiger partial charge in [0.25, 0.3) is 0 Å². The quantitative estimate of drug-likeness (QED) is 0.236. The Morgan fingerprint density at radius 2 is 1.11 bits per heavy atom. The van der Waals surface area contributed by atoms with Gasteiger partial charge in [0.05, 0.1) is 22.2 Å². The lowest BCUT2D eigenvalue weighted by molar-refractivity contribution is 0.647. The highest BCUT2D eigenvalue weighted by Gasteiger charge is 2.41. The predicted octanol–water partition coefficient (Wildman–Crippen LogP) is 9.03. The molecule has 2 heteroatoms. The smallest absolute Gasteiger partial charge is 0.0562 e. The van der Waals surface area contributed by atoms with Gasteiger partial charge in [0, 0.05) is 38.5 Å². The van der Waals surface area contributed by atoms with E-state index in [4.69, 9.17) is 0 Å². The molecule has 1 aliphatic heterocycles. The Balaban J connectivity index is 1.54. The van der Waals surface area contributed by atoms with Crippen LogP contribution < -0.4 is 0 Å². The molecule has 1 aliphatic rings. The normalized spacial score (nSPS) is 13.9. The van der Waals surface area contributed by atoms with Gasteiger partial charge in [-0.05, 0) is 47.5 Å². The summed E-state index contributed by atoms with van der Waals surface area (Å²) in [6.07, 6.45) is 0. The molecule has 8 rings (SSSR count). The molecule has 0 atom stereocenters. The second kappa shape index (κ2) is 7.24. The van der Waals surface area contributed by atoms with Gasteiger partial charge in [0.1, 0.15) is 0 Å². The highest BCUT2D eigenvalue weighted by atomic mass is 15.1. The fraction of sp³-hybridized carbons (Fsp3) is 0.0857. The minimum absolute atomic E-state index is 0.149. The van der Waals surface area contributed by atoms with Crippen LogP contribution in [-0.4, -0.2) is 9.13 Å². The van der Waals surface area contributed by atoms with Crippen molar-refractivity contribution in [3.8, 4) is 22.5 Å². The summed E-state index contributed by atoms with van der Waals surface area (Å²) < 4.78 is 4.94. The maximum atomic E-state index is 2.53. The minimum atomic E-state index is -0.149. The number of nitrogens with zero attached hydrogens (tertiary/aromatic N) is 2. The van der Waals surface area contributed by atoms with Crippen LogP contribution in [0, 0.1) is 0 Å². The largest absolute Gasteiger partial charge is 0.312 e. The fourth-order valence-corrected chi connectivity index (χ4v) is 6.65. The number of para-hydroxylation sites is 3. The average molecular weight is 475 g/mol. The van der Waals surface area contributed by atoms with Crippen molar-refractivity contribution in [3.05, 3.63) is 133 Å². The van der Waals surface area contributed by atoms with Crippen LogP contribution in [0.25, 0.3) is 55.2 Å². The van der Waals surface area contributed by atoms with E-state index in [-0.39, 0.29) is 5.41 Å². The number of fused-ring (bicyclic) bond motifs is 8. The van der Waals surface area contributed by atoms with Crippen LogP contribution in [-0.2, 0) is 5.41 Å². The number of aromatic nitrogens is 2. The average Bonchev–Trinajstić information content (AvgIpc) is 3.53. The van der Waals surface area contributed by atoms with Gasteiger partial charge in [-0.15, -0.1) is 0 Å². The van der Waals surface area contributed by atoms with Crippen LogP contribution in [0.2, 0.25) is 0 Å². The van der Waals surface area contributed by atoms with E-state index in [9.17, 15) is 0 Å². The third kappa shape index (κ3) is 2.65. The molecule has 0 aliphatic carbocycles. The van der Waals surface area contributed by atoms with E-state index in [0.717, 1.165) is 0 Å². The Hall–Kier alpha value is -4.56. The maximum absolute atomic E-state index is 2.53. The van der Waals surface area contributed by atoms with Crippen LogP contribution in [0.3, 0.4) is 0 Å². The Bertz CT molecular complexity index is 1990. The standard InChI is InChI=1S/C35H26N2/c1-35(2)28-21-27-25-17-9-11-19-29(25)36(24-15-7-4-8-16-24)31(27)22-32(28)37-30-20-12-10-18-26(30)33(34(35)37)23-13-5-3-6-14-23/h3-22H,1-2H3. The second-order valence-corrected chi connectivity index (χ2v) is 10.6. The van der Waals surface area contributed by atoms with Crippen molar-refractivity contribution in [3.63, 3.8) is 0 Å². The zero-order valence-electron chi connectivity index (χ0n) is 20.9. The van der Waals surface area contributed by atoms with Gasteiger partial charge in [-0.3, -0.25) is 0 Å². The van der Waals surface area contributed by atoms with E-state index in [1.165, 1.54) is 66.5 Å². The summed E-state index contributed by atoms with van der Waals surface area (Å²) in [5, 5.41) is 3.92. The Morgan fingerprint density at radius 1 is 0.514 bits per heavy atom. The Labute approximate surface area is 216 Å². The summed E-state index contributed by atoms with van der Waals surface area (Å²) in [5.74, 6) is 0. The first-order valence-electron chi connectivity index (χ1n) is 13.0. The first kappa shape index (κ1) is 20.6. The Kier molecular flexibility index (Phi) is 4.03. The SMILES string of the molecule is CC1(C)c2cc3c4ccccc4n(-c4ccccc4)c3cc2-n2c1c(-c1ccccc1)c1ccccc12. The lowest BCUT2D eigenvalue weighted by Crippen LogP contribution is -2.16. The lowest BCUT2D eigenvalue weighted by Gasteiger charge is -2.22. The molecule has 3 heterocycles. The highest BCUT2D eigenvalue weighted by Crippen LogP contribution is 2.53. The zero-order valence-corrected chi connectivity index (χ0v) is 20.9. The molecule has 0 saturated carbocycles. The van der Waals surface area contributed by atoms with Gasteiger partial charge >= 0.3 is 0 Å². The minimum Gasteiger partial charge on any atom is -0.312 e. The van der Waals surface area contributed by atoms with Crippen LogP contribution in [0.5, 0.6) is 0 Å². The third-order valence-corrected chi connectivity index (χ3v) is 8.25. The van der Waals surface area contributed by atoms with Crippen LogP contribution in [0.4, 0.5) is 0 Å². The number of hydrogen-bond acceptors (Lipinski definition) is 0. The molecule has 5 aromatic carbocycles. The molecule has 2 aromatic heterocycles. The summed E-state index contributed by atoms with van der Waals surface area (Å²) in [6, 6.07) is 44.2. The van der Waals surface area contributed by atoms with Gasteiger partial charge in [-0.2, -0.15) is 0 Å². The molecule has 176 valence electrons. The summed E-state index contributed by atoms with van der Waals surface area (Å²) in [4.78, 5) is 0. The summed E-state index contributed by atoms with van der Waals surface area (Å²) in [6.45, 7) is 4.77. The van der Waals surface area contributed by atoms with Crippen molar-refractivity contribution in [1.82, 2.24) is 9.13 Å². The van der Waals surface area contributed by atoms with Crippen molar-refractivity contribution >= 4 is 32.7 Å². The first-order valence-corrected chi connectivity index (χ1v) is 13.0. The number of rotatable bonds is 2. The molecule has 0 unspecified atom stereocenters. The molecule has 0 N–H and O–H groups in total.